The van der Waals surface area contributed by atoms with Crippen molar-refractivity contribution in [1.82, 2.24) is 4.90 Å². The number of hydrogen-bond donors (Lipinski definition) is 0. The summed E-state index contributed by atoms with van der Waals surface area (Å²) >= 11 is 0. The molecule has 1 heterocycles. The standard InChI is InChI=1S/C13H21NO/c1-10(2)9-14-12-6-4-3-5-11(12)7-8-13(14)15/h6,10-11H,3-5,7-9H2,1-2H3. The lowest BCUT2D eigenvalue weighted by atomic mass is 9.84. The lowest BCUT2D eigenvalue weighted by Gasteiger charge is -2.38. The maximum absolute atomic E-state index is 11.9. The van der Waals surface area contributed by atoms with Crippen LogP contribution in [0.3, 0.4) is 0 Å². The molecule has 2 rings (SSSR count). The zero-order chi connectivity index (χ0) is 10.8. The Morgan fingerprint density at radius 1 is 1.47 bits per heavy atom. The molecule has 2 heteroatoms. The first-order chi connectivity index (χ1) is 7.18. The van der Waals surface area contributed by atoms with Gasteiger partial charge in [0, 0.05) is 18.7 Å². The molecule has 0 spiro atoms. The largest absolute Gasteiger partial charge is 0.316 e. The van der Waals surface area contributed by atoms with Gasteiger partial charge < -0.3 is 4.90 Å². The maximum atomic E-state index is 11.9. The zero-order valence-corrected chi connectivity index (χ0v) is 9.83. The van der Waals surface area contributed by atoms with Crippen molar-refractivity contribution in [2.45, 2.75) is 46.0 Å². The second kappa shape index (κ2) is 4.38. The van der Waals surface area contributed by atoms with Crippen LogP contribution in [-0.2, 0) is 4.79 Å². The van der Waals surface area contributed by atoms with E-state index in [9.17, 15) is 4.79 Å². The summed E-state index contributed by atoms with van der Waals surface area (Å²) in [4.78, 5) is 13.9. The molecule has 1 aliphatic carbocycles. The number of carbonyl (C=O) groups is 1. The third-order valence-corrected chi connectivity index (χ3v) is 3.40. The SMILES string of the molecule is CC(C)CN1C(=O)CCC2CCCC=C21. The van der Waals surface area contributed by atoms with E-state index in [0.717, 1.165) is 25.8 Å². The lowest BCUT2D eigenvalue weighted by molar-refractivity contribution is -0.132. The normalized spacial score (nSPS) is 26.6. The van der Waals surface area contributed by atoms with Crippen molar-refractivity contribution in [2.75, 3.05) is 6.54 Å². The predicted octanol–water partition coefficient (Wildman–Crippen LogP) is 2.95. The first-order valence-corrected chi connectivity index (χ1v) is 6.19. The fraction of sp³-hybridized carbons (Fsp3) is 0.769. The number of carbonyl (C=O) groups excluding carboxylic acids is 1. The Morgan fingerprint density at radius 3 is 3.00 bits per heavy atom. The van der Waals surface area contributed by atoms with Gasteiger partial charge in [-0.3, -0.25) is 4.79 Å². The zero-order valence-electron chi connectivity index (χ0n) is 9.83. The Balaban J connectivity index is 2.16. The summed E-state index contributed by atoms with van der Waals surface area (Å²) in [5, 5.41) is 0. The fourth-order valence-electron chi connectivity index (χ4n) is 2.70. The van der Waals surface area contributed by atoms with Gasteiger partial charge in [0.25, 0.3) is 0 Å². The molecule has 84 valence electrons. The third-order valence-electron chi connectivity index (χ3n) is 3.40. The molecular weight excluding hydrogens is 186 g/mol. The quantitative estimate of drug-likeness (QED) is 0.681. The topological polar surface area (TPSA) is 20.3 Å². The van der Waals surface area contributed by atoms with Crippen LogP contribution >= 0.6 is 0 Å². The van der Waals surface area contributed by atoms with E-state index in [0.29, 0.717) is 17.7 Å². The van der Waals surface area contributed by atoms with E-state index in [1.54, 1.807) is 0 Å². The average molecular weight is 207 g/mol. The Hall–Kier alpha value is -0.790. The van der Waals surface area contributed by atoms with E-state index in [4.69, 9.17) is 0 Å². The molecule has 1 unspecified atom stereocenters. The predicted molar refractivity (Wildman–Crippen MR) is 61.2 cm³/mol. The van der Waals surface area contributed by atoms with E-state index >= 15 is 0 Å². The van der Waals surface area contributed by atoms with Gasteiger partial charge in [-0.15, -0.1) is 0 Å². The van der Waals surface area contributed by atoms with E-state index in [-0.39, 0.29) is 0 Å². The average Bonchev–Trinajstić information content (AvgIpc) is 2.22. The van der Waals surface area contributed by atoms with Crippen LogP contribution in [0.5, 0.6) is 0 Å². The molecule has 0 radical (unpaired) electrons. The molecule has 0 aromatic rings. The van der Waals surface area contributed by atoms with Crippen molar-refractivity contribution in [3.05, 3.63) is 11.8 Å². The van der Waals surface area contributed by atoms with Gasteiger partial charge in [-0.05, 0) is 37.5 Å². The number of allylic oxidation sites excluding steroid dienone is 2. The Morgan fingerprint density at radius 2 is 2.27 bits per heavy atom. The molecule has 0 aromatic carbocycles. The van der Waals surface area contributed by atoms with E-state index < -0.39 is 0 Å². The first-order valence-electron chi connectivity index (χ1n) is 6.19. The van der Waals surface area contributed by atoms with Crippen molar-refractivity contribution in [3.8, 4) is 0 Å². The Labute approximate surface area is 92.3 Å². The molecule has 1 aliphatic heterocycles. The van der Waals surface area contributed by atoms with Gasteiger partial charge in [-0.25, -0.2) is 0 Å². The molecule has 1 atom stereocenters. The van der Waals surface area contributed by atoms with Crippen LogP contribution in [0.1, 0.15) is 46.0 Å². The lowest BCUT2D eigenvalue weighted by Crippen LogP contribution is -2.40. The van der Waals surface area contributed by atoms with Gasteiger partial charge in [0.2, 0.25) is 5.91 Å². The number of likely N-dealkylation sites (tertiary alicyclic amines) is 1. The van der Waals surface area contributed by atoms with Crippen LogP contribution < -0.4 is 0 Å². The summed E-state index contributed by atoms with van der Waals surface area (Å²) in [5.41, 5.74) is 1.34. The summed E-state index contributed by atoms with van der Waals surface area (Å²) in [6.07, 6.45) is 7.89. The Kier molecular flexibility index (Phi) is 3.13. The molecule has 0 N–H and O–H groups in total. The smallest absolute Gasteiger partial charge is 0.226 e. The molecule has 1 fully saturated rings. The van der Waals surface area contributed by atoms with Gasteiger partial charge in [0.15, 0.2) is 0 Å². The van der Waals surface area contributed by atoms with Gasteiger partial charge in [0.05, 0.1) is 0 Å². The fourth-order valence-corrected chi connectivity index (χ4v) is 2.70. The summed E-state index contributed by atoms with van der Waals surface area (Å²) in [7, 11) is 0. The van der Waals surface area contributed by atoms with Gasteiger partial charge in [0.1, 0.15) is 0 Å². The molecule has 0 saturated carbocycles. The van der Waals surface area contributed by atoms with Crippen LogP contribution in [-0.4, -0.2) is 17.4 Å². The van der Waals surface area contributed by atoms with Crippen LogP contribution in [0, 0.1) is 11.8 Å². The summed E-state index contributed by atoms with van der Waals surface area (Å²) in [6, 6.07) is 0. The third kappa shape index (κ3) is 2.24. The number of hydrogen-bond acceptors (Lipinski definition) is 1. The van der Waals surface area contributed by atoms with E-state index in [1.807, 2.05) is 0 Å². The maximum Gasteiger partial charge on any atom is 0.226 e. The monoisotopic (exact) mass is 207 g/mol. The summed E-state index contributed by atoms with van der Waals surface area (Å²) < 4.78 is 0. The minimum absolute atomic E-state index is 0.341. The summed E-state index contributed by atoms with van der Waals surface area (Å²) in [5.74, 6) is 1.58. The minimum Gasteiger partial charge on any atom is -0.316 e. The highest BCUT2D eigenvalue weighted by atomic mass is 16.2. The van der Waals surface area contributed by atoms with Crippen molar-refractivity contribution in [1.29, 1.82) is 0 Å². The highest BCUT2D eigenvalue weighted by Crippen LogP contribution is 2.35. The molecule has 0 bridgehead atoms. The van der Waals surface area contributed by atoms with Crippen LogP contribution in [0.4, 0.5) is 0 Å². The molecule has 1 amide bonds. The van der Waals surface area contributed by atoms with Crippen molar-refractivity contribution in [3.63, 3.8) is 0 Å². The van der Waals surface area contributed by atoms with Crippen LogP contribution in [0.25, 0.3) is 0 Å². The van der Waals surface area contributed by atoms with E-state index in [2.05, 4.69) is 24.8 Å². The minimum atomic E-state index is 0.341. The van der Waals surface area contributed by atoms with Crippen LogP contribution in [0.15, 0.2) is 11.8 Å². The highest BCUT2D eigenvalue weighted by molar-refractivity contribution is 5.79. The molecule has 15 heavy (non-hydrogen) atoms. The summed E-state index contributed by atoms with van der Waals surface area (Å²) in [6.45, 7) is 5.27. The molecule has 2 aliphatic rings. The number of piperidine rings is 1. The highest BCUT2D eigenvalue weighted by Gasteiger charge is 2.31. The van der Waals surface area contributed by atoms with E-state index in [1.165, 1.54) is 18.5 Å². The number of fused-ring (bicyclic) bond motifs is 1. The van der Waals surface area contributed by atoms with Crippen molar-refractivity contribution < 1.29 is 4.79 Å². The second-order valence-electron chi connectivity index (χ2n) is 5.19. The van der Waals surface area contributed by atoms with Gasteiger partial charge >= 0.3 is 0 Å². The second-order valence-corrected chi connectivity index (χ2v) is 5.19. The number of amides is 1. The number of rotatable bonds is 2. The first kappa shape index (κ1) is 10.7. The Bertz CT molecular complexity index is 280. The molecular formula is C13H21NO. The van der Waals surface area contributed by atoms with Gasteiger partial charge in [-0.1, -0.05) is 19.9 Å². The van der Waals surface area contributed by atoms with Crippen molar-refractivity contribution >= 4 is 5.91 Å². The van der Waals surface area contributed by atoms with Crippen molar-refractivity contribution in [2.24, 2.45) is 11.8 Å². The molecule has 2 nitrogen and oxygen atoms in total. The van der Waals surface area contributed by atoms with Gasteiger partial charge in [-0.2, -0.15) is 0 Å². The molecule has 1 saturated heterocycles. The number of nitrogens with zero attached hydrogens (tertiary/aromatic N) is 1. The van der Waals surface area contributed by atoms with Crippen LogP contribution in [0.2, 0.25) is 0 Å². The molecule has 0 aromatic heterocycles.